The van der Waals surface area contributed by atoms with Gasteiger partial charge in [-0.05, 0) is 48.9 Å². The molecule has 0 spiro atoms. The Morgan fingerprint density at radius 1 is 0.914 bits per heavy atom. The SMILES string of the molecule is CCOc1ccc(CN2C(=O)c3ccccc3C2=O)cc1C(=O)N1CCN(Cc2ccco2)CC1. The van der Waals surface area contributed by atoms with Gasteiger partial charge in [-0.3, -0.25) is 24.2 Å². The minimum Gasteiger partial charge on any atom is -0.493 e. The summed E-state index contributed by atoms with van der Waals surface area (Å²) in [5.74, 6) is 0.654. The van der Waals surface area contributed by atoms with Crippen molar-refractivity contribution in [2.45, 2.75) is 20.0 Å². The number of benzene rings is 2. The number of hydrogen-bond acceptors (Lipinski definition) is 6. The third kappa shape index (κ3) is 4.57. The zero-order valence-electron chi connectivity index (χ0n) is 19.6. The molecule has 0 bridgehead atoms. The van der Waals surface area contributed by atoms with Crippen molar-refractivity contribution >= 4 is 17.7 Å². The fraction of sp³-hybridized carbons (Fsp3) is 0.296. The Morgan fingerprint density at radius 2 is 1.63 bits per heavy atom. The number of carbonyl (C=O) groups is 3. The summed E-state index contributed by atoms with van der Waals surface area (Å²) in [5, 5.41) is 0. The molecule has 0 unspecified atom stereocenters. The van der Waals surface area contributed by atoms with E-state index in [1.54, 1.807) is 48.7 Å². The highest BCUT2D eigenvalue weighted by atomic mass is 16.5. The zero-order chi connectivity index (χ0) is 24.4. The van der Waals surface area contributed by atoms with Gasteiger partial charge in [-0.1, -0.05) is 18.2 Å². The molecular formula is C27H27N3O5. The van der Waals surface area contributed by atoms with Crippen LogP contribution >= 0.6 is 0 Å². The van der Waals surface area contributed by atoms with Crippen molar-refractivity contribution in [3.05, 3.63) is 88.9 Å². The lowest BCUT2D eigenvalue weighted by molar-refractivity contribution is 0.0615. The van der Waals surface area contributed by atoms with E-state index in [0.717, 1.165) is 25.4 Å². The molecule has 1 fully saturated rings. The maximum Gasteiger partial charge on any atom is 0.261 e. The Kier molecular flexibility index (Phi) is 6.37. The summed E-state index contributed by atoms with van der Waals surface area (Å²) in [6, 6.07) is 15.9. The Hall–Kier alpha value is -3.91. The molecule has 3 aromatic rings. The number of hydrogen-bond donors (Lipinski definition) is 0. The van der Waals surface area contributed by atoms with E-state index >= 15 is 0 Å². The number of imide groups is 1. The first-order valence-corrected chi connectivity index (χ1v) is 11.8. The van der Waals surface area contributed by atoms with E-state index in [1.807, 2.05) is 24.0 Å². The van der Waals surface area contributed by atoms with Gasteiger partial charge < -0.3 is 14.1 Å². The highest BCUT2D eigenvalue weighted by Gasteiger charge is 2.35. The molecule has 1 saturated heterocycles. The van der Waals surface area contributed by atoms with Crippen molar-refractivity contribution in [1.29, 1.82) is 0 Å². The number of furan rings is 1. The lowest BCUT2D eigenvalue weighted by Crippen LogP contribution is -2.48. The normalized spacial score (nSPS) is 16.0. The summed E-state index contributed by atoms with van der Waals surface area (Å²) in [7, 11) is 0. The molecular weight excluding hydrogens is 446 g/mol. The van der Waals surface area contributed by atoms with Crippen molar-refractivity contribution in [2.24, 2.45) is 0 Å². The van der Waals surface area contributed by atoms with Crippen molar-refractivity contribution in [3.63, 3.8) is 0 Å². The highest BCUT2D eigenvalue weighted by Crippen LogP contribution is 2.27. The number of nitrogens with zero attached hydrogens (tertiary/aromatic N) is 3. The summed E-state index contributed by atoms with van der Waals surface area (Å²) < 4.78 is 11.2. The molecule has 0 atom stereocenters. The minimum absolute atomic E-state index is 0.0932. The second-order valence-corrected chi connectivity index (χ2v) is 8.65. The second-order valence-electron chi connectivity index (χ2n) is 8.65. The van der Waals surface area contributed by atoms with Crippen LogP contribution < -0.4 is 4.74 Å². The van der Waals surface area contributed by atoms with E-state index in [2.05, 4.69) is 4.90 Å². The summed E-state index contributed by atoms with van der Waals surface area (Å²) in [5.41, 5.74) is 1.96. The van der Waals surface area contributed by atoms with Crippen LogP contribution in [0.3, 0.4) is 0 Å². The largest absolute Gasteiger partial charge is 0.493 e. The maximum absolute atomic E-state index is 13.5. The average molecular weight is 474 g/mol. The van der Waals surface area contributed by atoms with Gasteiger partial charge in [0, 0.05) is 26.2 Å². The molecule has 0 saturated carbocycles. The fourth-order valence-electron chi connectivity index (χ4n) is 4.59. The van der Waals surface area contributed by atoms with Gasteiger partial charge >= 0.3 is 0 Å². The molecule has 2 aliphatic rings. The molecule has 2 aromatic carbocycles. The topological polar surface area (TPSA) is 83.3 Å². The lowest BCUT2D eigenvalue weighted by Gasteiger charge is -2.34. The summed E-state index contributed by atoms with van der Waals surface area (Å²) >= 11 is 0. The number of carbonyl (C=O) groups excluding carboxylic acids is 3. The molecule has 35 heavy (non-hydrogen) atoms. The van der Waals surface area contributed by atoms with E-state index in [0.29, 0.717) is 47.7 Å². The van der Waals surface area contributed by atoms with Crippen molar-refractivity contribution in [2.75, 3.05) is 32.8 Å². The first-order chi connectivity index (χ1) is 17.0. The van der Waals surface area contributed by atoms with E-state index in [9.17, 15) is 14.4 Å². The predicted octanol–water partition coefficient (Wildman–Crippen LogP) is 3.43. The van der Waals surface area contributed by atoms with Gasteiger partial charge in [-0.15, -0.1) is 0 Å². The third-order valence-corrected chi connectivity index (χ3v) is 6.41. The first-order valence-electron chi connectivity index (χ1n) is 11.8. The summed E-state index contributed by atoms with van der Waals surface area (Å²) in [6.45, 7) is 5.77. The molecule has 0 N–H and O–H groups in total. The third-order valence-electron chi connectivity index (χ3n) is 6.41. The van der Waals surface area contributed by atoms with Crippen LogP contribution in [0, 0.1) is 0 Å². The van der Waals surface area contributed by atoms with Crippen LogP contribution in [0.15, 0.2) is 65.3 Å². The zero-order valence-corrected chi connectivity index (χ0v) is 19.6. The monoisotopic (exact) mass is 473 g/mol. The van der Waals surface area contributed by atoms with Crippen molar-refractivity contribution in [1.82, 2.24) is 14.7 Å². The summed E-state index contributed by atoms with van der Waals surface area (Å²) in [6.07, 6.45) is 1.67. The molecule has 180 valence electrons. The van der Waals surface area contributed by atoms with E-state index in [1.165, 1.54) is 4.90 Å². The van der Waals surface area contributed by atoms with Crippen molar-refractivity contribution in [3.8, 4) is 5.75 Å². The van der Waals surface area contributed by atoms with Crippen LogP contribution in [0.2, 0.25) is 0 Å². The van der Waals surface area contributed by atoms with Gasteiger partial charge in [-0.25, -0.2) is 0 Å². The summed E-state index contributed by atoms with van der Waals surface area (Å²) in [4.78, 5) is 44.3. The lowest BCUT2D eigenvalue weighted by atomic mass is 10.1. The Labute approximate surface area is 203 Å². The number of ether oxygens (including phenoxy) is 1. The Balaban J connectivity index is 1.31. The van der Waals surface area contributed by atoms with E-state index < -0.39 is 0 Å². The molecule has 3 amide bonds. The van der Waals surface area contributed by atoms with Crippen LogP contribution in [0.4, 0.5) is 0 Å². The van der Waals surface area contributed by atoms with Crippen LogP contribution in [-0.4, -0.2) is 65.2 Å². The molecule has 0 radical (unpaired) electrons. The molecule has 8 heteroatoms. The molecule has 2 aliphatic heterocycles. The van der Waals surface area contributed by atoms with Gasteiger partial charge in [-0.2, -0.15) is 0 Å². The number of piperazine rings is 1. The van der Waals surface area contributed by atoms with Gasteiger partial charge in [0.2, 0.25) is 0 Å². The number of amides is 3. The Bertz CT molecular complexity index is 1210. The van der Waals surface area contributed by atoms with Crippen LogP contribution in [0.5, 0.6) is 5.75 Å². The average Bonchev–Trinajstić information content (AvgIpc) is 3.48. The first kappa shape index (κ1) is 22.9. The van der Waals surface area contributed by atoms with Gasteiger partial charge in [0.15, 0.2) is 0 Å². The quantitative estimate of drug-likeness (QED) is 0.489. The van der Waals surface area contributed by atoms with Crippen LogP contribution in [-0.2, 0) is 13.1 Å². The maximum atomic E-state index is 13.5. The van der Waals surface area contributed by atoms with Gasteiger partial charge in [0.25, 0.3) is 17.7 Å². The Morgan fingerprint density at radius 3 is 2.26 bits per heavy atom. The standard InChI is InChI=1S/C27H27N3O5/c1-2-34-24-10-9-19(17-30-26(32)21-7-3-4-8-22(21)27(30)33)16-23(24)25(31)29-13-11-28(12-14-29)18-20-6-5-15-35-20/h3-10,15-16H,2,11-14,17-18H2,1H3. The van der Waals surface area contributed by atoms with Crippen LogP contribution in [0.1, 0.15) is 49.3 Å². The smallest absolute Gasteiger partial charge is 0.261 e. The predicted molar refractivity (Wildman–Crippen MR) is 128 cm³/mol. The fourth-order valence-corrected chi connectivity index (χ4v) is 4.59. The van der Waals surface area contributed by atoms with E-state index in [-0.39, 0.29) is 24.3 Å². The number of rotatable bonds is 7. The molecule has 0 aliphatic carbocycles. The minimum atomic E-state index is -0.319. The molecule has 5 rings (SSSR count). The highest BCUT2D eigenvalue weighted by molar-refractivity contribution is 6.21. The number of fused-ring (bicyclic) bond motifs is 1. The molecule has 8 nitrogen and oxygen atoms in total. The van der Waals surface area contributed by atoms with Gasteiger partial charge in [0.05, 0.1) is 42.6 Å². The molecule has 1 aromatic heterocycles. The second kappa shape index (κ2) is 9.76. The molecule has 3 heterocycles. The van der Waals surface area contributed by atoms with Crippen LogP contribution in [0.25, 0.3) is 0 Å². The van der Waals surface area contributed by atoms with Gasteiger partial charge in [0.1, 0.15) is 11.5 Å². The van der Waals surface area contributed by atoms with Crippen molar-refractivity contribution < 1.29 is 23.5 Å². The van der Waals surface area contributed by atoms with E-state index in [4.69, 9.17) is 9.15 Å².